The number of hydrogen-bond donors (Lipinski definition) is 2. The van der Waals surface area contributed by atoms with Crippen LogP contribution in [0.1, 0.15) is 16.3 Å². The van der Waals surface area contributed by atoms with Gasteiger partial charge in [0.1, 0.15) is 0 Å². The van der Waals surface area contributed by atoms with Crippen LogP contribution in [0, 0.1) is 13.8 Å². The quantitative estimate of drug-likeness (QED) is 0.817. The average molecular weight is 247 g/mol. The molecular formula is C13H17N3S. The molecular weight excluding hydrogens is 230 g/mol. The fraction of sp³-hybridized carbons (Fsp3) is 0.308. The topological polar surface area (TPSA) is 50.9 Å². The highest BCUT2D eigenvalue weighted by molar-refractivity contribution is 7.09. The van der Waals surface area contributed by atoms with Crippen LogP contribution in [-0.4, -0.2) is 11.5 Å². The molecule has 4 heteroatoms. The fourth-order valence-corrected chi connectivity index (χ4v) is 2.29. The van der Waals surface area contributed by atoms with Gasteiger partial charge >= 0.3 is 0 Å². The van der Waals surface area contributed by atoms with Gasteiger partial charge in [0.25, 0.3) is 0 Å². The molecule has 17 heavy (non-hydrogen) atoms. The number of aryl methyl sites for hydroxylation is 2. The van der Waals surface area contributed by atoms with Crippen molar-refractivity contribution in [2.24, 2.45) is 0 Å². The molecule has 90 valence electrons. The van der Waals surface area contributed by atoms with Gasteiger partial charge in [-0.1, -0.05) is 0 Å². The van der Waals surface area contributed by atoms with Crippen LogP contribution in [0.2, 0.25) is 0 Å². The standard InChI is InChI=1S/C13H17N3S/c1-9-7-11(3-4-13(9)14)15-6-5-12-8-17-10(2)16-12/h3-4,7-8,15H,5-6,14H2,1-2H3. The SMILES string of the molecule is Cc1nc(CCNc2ccc(N)c(C)c2)cs1. The molecule has 1 aromatic heterocycles. The zero-order valence-electron chi connectivity index (χ0n) is 10.2. The monoisotopic (exact) mass is 247 g/mol. The third-order valence-corrected chi connectivity index (χ3v) is 3.47. The summed E-state index contributed by atoms with van der Waals surface area (Å²) in [5.74, 6) is 0. The van der Waals surface area contributed by atoms with Gasteiger partial charge in [-0.2, -0.15) is 0 Å². The Hall–Kier alpha value is -1.55. The van der Waals surface area contributed by atoms with Crippen LogP contribution in [0.5, 0.6) is 0 Å². The number of anilines is 2. The maximum absolute atomic E-state index is 5.77. The normalized spacial score (nSPS) is 10.5. The van der Waals surface area contributed by atoms with E-state index >= 15 is 0 Å². The molecule has 0 aliphatic carbocycles. The van der Waals surface area contributed by atoms with Gasteiger partial charge in [-0.05, 0) is 37.6 Å². The molecule has 1 heterocycles. The summed E-state index contributed by atoms with van der Waals surface area (Å²) in [6.45, 7) is 4.95. The van der Waals surface area contributed by atoms with Crippen LogP contribution < -0.4 is 11.1 Å². The summed E-state index contributed by atoms with van der Waals surface area (Å²) >= 11 is 1.70. The van der Waals surface area contributed by atoms with E-state index in [1.165, 1.54) is 0 Å². The van der Waals surface area contributed by atoms with Gasteiger partial charge < -0.3 is 11.1 Å². The van der Waals surface area contributed by atoms with Crippen molar-refractivity contribution in [2.45, 2.75) is 20.3 Å². The number of nitrogens with two attached hydrogens (primary N) is 1. The molecule has 0 bridgehead atoms. The second-order valence-electron chi connectivity index (χ2n) is 4.11. The first kappa shape index (κ1) is 11.9. The van der Waals surface area contributed by atoms with E-state index < -0.39 is 0 Å². The molecule has 0 spiro atoms. The third-order valence-electron chi connectivity index (χ3n) is 2.65. The van der Waals surface area contributed by atoms with E-state index in [9.17, 15) is 0 Å². The van der Waals surface area contributed by atoms with E-state index in [0.717, 1.165) is 40.6 Å². The smallest absolute Gasteiger partial charge is 0.0897 e. The summed E-state index contributed by atoms with van der Waals surface area (Å²) < 4.78 is 0. The summed E-state index contributed by atoms with van der Waals surface area (Å²) in [6, 6.07) is 6.01. The Balaban J connectivity index is 1.87. The Morgan fingerprint density at radius 3 is 2.82 bits per heavy atom. The molecule has 0 unspecified atom stereocenters. The maximum Gasteiger partial charge on any atom is 0.0897 e. The zero-order chi connectivity index (χ0) is 12.3. The summed E-state index contributed by atoms with van der Waals surface area (Å²) in [5, 5.41) is 6.62. The second kappa shape index (κ2) is 5.19. The number of aromatic nitrogens is 1. The van der Waals surface area contributed by atoms with Crippen molar-refractivity contribution in [1.82, 2.24) is 4.98 Å². The lowest BCUT2D eigenvalue weighted by molar-refractivity contribution is 0.968. The molecule has 2 rings (SSSR count). The summed E-state index contributed by atoms with van der Waals surface area (Å²) in [7, 11) is 0. The minimum atomic E-state index is 0.839. The van der Waals surface area contributed by atoms with Gasteiger partial charge in [0.15, 0.2) is 0 Å². The molecule has 2 aromatic rings. The first-order valence-corrected chi connectivity index (χ1v) is 6.54. The van der Waals surface area contributed by atoms with Gasteiger partial charge in [0.2, 0.25) is 0 Å². The fourth-order valence-electron chi connectivity index (χ4n) is 1.64. The van der Waals surface area contributed by atoms with Crippen LogP contribution in [-0.2, 0) is 6.42 Å². The van der Waals surface area contributed by atoms with Crippen molar-refractivity contribution in [3.8, 4) is 0 Å². The third kappa shape index (κ3) is 3.20. The predicted octanol–water partition coefficient (Wildman–Crippen LogP) is 3.00. The van der Waals surface area contributed by atoms with Crippen molar-refractivity contribution < 1.29 is 0 Å². The van der Waals surface area contributed by atoms with Gasteiger partial charge in [-0.25, -0.2) is 4.98 Å². The van der Waals surface area contributed by atoms with Crippen LogP contribution in [0.3, 0.4) is 0 Å². The van der Waals surface area contributed by atoms with Crippen molar-refractivity contribution in [3.05, 3.63) is 39.8 Å². The molecule has 0 saturated heterocycles. The Bertz CT molecular complexity index is 505. The van der Waals surface area contributed by atoms with E-state index in [1.807, 2.05) is 26.0 Å². The van der Waals surface area contributed by atoms with Gasteiger partial charge in [-0.3, -0.25) is 0 Å². The number of hydrogen-bond acceptors (Lipinski definition) is 4. The molecule has 0 aliphatic heterocycles. The molecule has 0 fully saturated rings. The van der Waals surface area contributed by atoms with Crippen molar-refractivity contribution in [1.29, 1.82) is 0 Å². The number of benzene rings is 1. The first-order valence-electron chi connectivity index (χ1n) is 5.66. The van der Waals surface area contributed by atoms with E-state index in [0.29, 0.717) is 0 Å². The lowest BCUT2D eigenvalue weighted by Crippen LogP contribution is -2.05. The lowest BCUT2D eigenvalue weighted by atomic mass is 10.2. The van der Waals surface area contributed by atoms with E-state index in [-0.39, 0.29) is 0 Å². The van der Waals surface area contributed by atoms with E-state index in [1.54, 1.807) is 11.3 Å². The summed E-state index contributed by atoms with van der Waals surface area (Å²) in [4.78, 5) is 4.43. The van der Waals surface area contributed by atoms with Crippen LogP contribution >= 0.6 is 11.3 Å². The molecule has 0 amide bonds. The average Bonchev–Trinajstić information content (AvgIpc) is 2.70. The molecule has 0 radical (unpaired) electrons. The van der Waals surface area contributed by atoms with Gasteiger partial charge in [-0.15, -0.1) is 11.3 Å². The maximum atomic E-state index is 5.77. The number of rotatable bonds is 4. The largest absolute Gasteiger partial charge is 0.399 e. The summed E-state index contributed by atoms with van der Waals surface area (Å²) in [5.41, 5.74) is 10.00. The highest BCUT2D eigenvalue weighted by Crippen LogP contribution is 2.16. The van der Waals surface area contributed by atoms with E-state index in [4.69, 9.17) is 5.73 Å². The molecule has 0 aliphatic rings. The number of nitrogen functional groups attached to an aromatic ring is 1. The Morgan fingerprint density at radius 2 is 2.18 bits per heavy atom. The van der Waals surface area contributed by atoms with Gasteiger partial charge in [0, 0.05) is 29.7 Å². The highest BCUT2D eigenvalue weighted by Gasteiger charge is 1.99. The molecule has 3 N–H and O–H groups in total. The van der Waals surface area contributed by atoms with E-state index in [2.05, 4.69) is 21.7 Å². The second-order valence-corrected chi connectivity index (χ2v) is 5.17. The number of nitrogens with one attached hydrogen (secondary N) is 1. The Kier molecular flexibility index (Phi) is 3.64. The summed E-state index contributed by atoms with van der Waals surface area (Å²) in [6.07, 6.45) is 0.952. The Morgan fingerprint density at radius 1 is 1.35 bits per heavy atom. The highest BCUT2D eigenvalue weighted by atomic mass is 32.1. The number of nitrogens with zero attached hydrogens (tertiary/aromatic N) is 1. The van der Waals surface area contributed by atoms with Crippen LogP contribution in [0.4, 0.5) is 11.4 Å². The molecule has 1 aromatic carbocycles. The van der Waals surface area contributed by atoms with Crippen molar-refractivity contribution in [2.75, 3.05) is 17.6 Å². The van der Waals surface area contributed by atoms with Crippen LogP contribution in [0.15, 0.2) is 23.6 Å². The zero-order valence-corrected chi connectivity index (χ0v) is 11.0. The minimum Gasteiger partial charge on any atom is -0.399 e. The van der Waals surface area contributed by atoms with Crippen LogP contribution in [0.25, 0.3) is 0 Å². The molecule has 3 nitrogen and oxygen atoms in total. The minimum absolute atomic E-state index is 0.839. The van der Waals surface area contributed by atoms with Crippen molar-refractivity contribution >= 4 is 22.7 Å². The van der Waals surface area contributed by atoms with Crippen molar-refractivity contribution in [3.63, 3.8) is 0 Å². The Labute approximate surface area is 106 Å². The lowest BCUT2D eigenvalue weighted by Gasteiger charge is -2.07. The first-order chi connectivity index (χ1) is 8.15. The molecule has 0 atom stereocenters. The van der Waals surface area contributed by atoms with Gasteiger partial charge in [0.05, 0.1) is 10.7 Å². The predicted molar refractivity (Wildman–Crippen MR) is 74.6 cm³/mol. The number of thiazole rings is 1. The molecule has 0 saturated carbocycles.